The van der Waals surface area contributed by atoms with Gasteiger partial charge in [-0.1, -0.05) is 47.2 Å². The minimum atomic E-state index is -0.293. The van der Waals surface area contributed by atoms with Crippen molar-refractivity contribution in [3.05, 3.63) is 81.8 Å². The predicted octanol–water partition coefficient (Wildman–Crippen LogP) is 4.42. The molecule has 5 nitrogen and oxygen atoms in total. The van der Waals surface area contributed by atoms with Crippen LogP contribution in [0.2, 0.25) is 4.34 Å². The van der Waals surface area contributed by atoms with Crippen molar-refractivity contribution in [1.29, 1.82) is 0 Å². The standard InChI is InChI=1S/C22H21ClF2N4OS/c23-19-13-26-22(31-19)27-20(30)14-28-9-11-29(12-10-28)21(15-1-5-17(24)6-2-15)16-3-7-18(25)8-4-16/h1-8,13,21H,9-12,14H2,(H,26,27,30). The lowest BCUT2D eigenvalue weighted by Gasteiger charge is -2.39. The molecule has 3 aromatic rings. The third kappa shape index (κ3) is 5.65. The first-order valence-corrected chi connectivity index (χ1v) is 11.1. The predicted molar refractivity (Wildman–Crippen MR) is 118 cm³/mol. The van der Waals surface area contributed by atoms with E-state index < -0.39 is 0 Å². The Morgan fingerprint density at radius 3 is 2.03 bits per heavy atom. The molecule has 1 amide bonds. The van der Waals surface area contributed by atoms with E-state index in [0.29, 0.717) is 22.6 Å². The molecular formula is C22H21ClF2N4OS. The summed E-state index contributed by atoms with van der Waals surface area (Å²) in [5, 5.41) is 3.25. The molecule has 0 aliphatic carbocycles. The number of anilines is 1. The Balaban J connectivity index is 1.42. The van der Waals surface area contributed by atoms with Crippen molar-refractivity contribution >= 4 is 34.0 Å². The van der Waals surface area contributed by atoms with Gasteiger partial charge < -0.3 is 5.32 Å². The summed E-state index contributed by atoms with van der Waals surface area (Å²) in [5.41, 5.74) is 1.89. The number of rotatable bonds is 6. The van der Waals surface area contributed by atoms with Crippen molar-refractivity contribution in [1.82, 2.24) is 14.8 Å². The van der Waals surface area contributed by atoms with E-state index in [4.69, 9.17) is 11.6 Å². The lowest BCUT2D eigenvalue weighted by atomic mass is 9.96. The van der Waals surface area contributed by atoms with Crippen molar-refractivity contribution in [3.8, 4) is 0 Å². The number of benzene rings is 2. The van der Waals surface area contributed by atoms with Crippen LogP contribution in [0, 0.1) is 11.6 Å². The van der Waals surface area contributed by atoms with Crippen LogP contribution in [0.25, 0.3) is 0 Å². The lowest BCUT2D eigenvalue weighted by molar-refractivity contribution is -0.117. The van der Waals surface area contributed by atoms with Gasteiger partial charge in [0.2, 0.25) is 5.91 Å². The van der Waals surface area contributed by atoms with Crippen LogP contribution in [0.15, 0.2) is 54.7 Å². The molecule has 2 aromatic carbocycles. The number of halogens is 3. The Hall–Kier alpha value is -2.39. The maximum absolute atomic E-state index is 13.5. The van der Waals surface area contributed by atoms with E-state index in [1.165, 1.54) is 41.8 Å². The Morgan fingerprint density at radius 2 is 1.55 bits per heavy atom. The van der Waals surface area contributed by atoms with Crippen LogP contribution < -0.4 is 5.32 Å². The van der Waals surface area contributed by atoms with Gasteiger partial charge in [-0.05, 0) is 35.4 Å². The molecule has 1 aliphatic heterocycles. The van der Waals surface area contributed by atoms with E-state index in [1.54, 1.807) is 24.3 Å². The largest absolute Gasteiger partial charge is 0.301 e. The summed E-state index contributed by atoms with van der Waals surface area (Å²) in [6, 6.07) is 12.7. The monoisotopic (exact) mass is 462 g/mol. The fourth-order valence-electron chi connectivity index (χ4n) is 3.76. The average Bonchev–Trinajstić information content (AvgIpc) is 3.16. The number of amides is 1. The van der Waals surface area contributed by atoms with Crippen molar-refractivity contribution in [2.24, 2.45) is 0 Å². The molecule has 1 aliphatic rings. The highest BCUT2D eigenvalue weighted by molar-refractivity contribution is 7.19. The van der Waals surface area contributed by atoms with Gasteiger partial charge in [0.1, 0.15) is 16.0 Å². The van der Waals surface area contributed by atoms with Gasteiger partial charge >= 0.3 is 0 Å². The van der Waals surface area contributed by atoms with Crippen LogP contribution in [0.1, 0.15) is 17.2 Å². The smallest absolute Gasteiger partial charge is 0.240 e. The van der Waals surface area contributed by atoms with Crippen LogP contribution in [-0.4, -0.2) is 53.4 Å². The number of hydrogen-bond acceptors (Lipinski definition) is 5. The van der Waals surface area contributed by atoms with E-state index in [1.807, 2.05) is 0 Å². The van der Waals surface area contributed by atoms with E-state index in [2.05, 4.69) is 20.1 Å². The Bertz CT molecular complexity index is 975. The number of nitrogens with zero attached hydrogens (tertiary/aromatic N) is 3. The number of piperazine rings is 1. The average molecular weight is 463 g/mol. The molecule has 1 saturated heterocycles. The van der Waals surface area contributed by atoms with E-state index in [-0.39, 0.29) is 30.1 Å². The quantitative estimate of drug-likeness (QED) is 0.589. The molecule has 1 aromatic heterocycles. The SMILES string of the molecule is O=C(CN1CCN(C(c2ccc(F)cc2)c2ccc(F)cc2)CC1)Nc1ncc(Cl)s1. The number of hydrogen-bond donors (Lipinski definition) is 1. The fourth-order valence-corrected chi connectivity index (χ4v) is 4.59. The van der Waals surface area contributed by atoms with Crippen molar-refractivity contribution in [2.75, 3.05) is 38.0 Å². The topological polar surface area (TPSA) is 48.5 Å². The second-order valence-corrected chi connectivity index (χ2v) is 9.00. The molecule has 162 valence electrons. The van der Waals surface area contributed by atoms with Crippen LogP contribution in [0.3, 0.4) is 0 Å². The molecule has 0 radical (unpaired) electrons. The van der Waals surface area contributed by atoms with Gasteiger partial charge in [0.15, 0.2) is 5.13 Å². The van der Waals surface area contributed by atoms with Crippen molar-refractivity contribution < 1.29 is 13.6 Å². The van der Waals surface area contributed by atoms with Gasteiger partial charge in [0.25, 0.3) is 0 Å². The molecule has 0 unspecified atom stereocenters. The maximum Gasteiger partial charge on any atom is 0.240 e. The minimum absolute atomic E-state index is 0.116. The summed E-state index contributed by atoms with van der Waals surface area (Å²) in [4.78, 5) is 20.7. The molecule has 1 N–H and O–H groups in total. The summed E-state index contributed by atoms with van der Waals surface area (Å²) in [6.07, 6.45) is 1.51. The van der Waals surface area contributed by atoms with Crippen LogP contribution >= 0.6 is 22.9 Å². The highest BCUT2D eigenvalue weighted by atomic mass is 35.5. The Labute approximate surface area is 188 Å². The highest BCUT2D eigenvalue weighted by Gasteiger charge is 2.27. The number of carbonyl (C=O) groups is 1. The molecule has 0 saturated carbocycles. The molecule has 9 heteroatoms. The van der Waals surface area contributed by atoms with Gasteiger partial charge in [0.05, 0.1) is 18.8 Å². The fraction of sp³-hybridized carbons (Fsp3) is 0.273. The summed E-state index contributed by atoms with van der Waals surface area (Å²) in [5.74, 6) is -0.717. The molecular weight excluding hydrogens is 442 g/mol. The molecule has 0 spiro atoms. The second-order valence-electron chi connectivity index (χ2n) is 7.34. The summed E-state index contributed by atoms with van der Waals surface area (Å²) >= 11 is 7.07. The molecule has 4 rings (SSSR count). The van der Waals surface area contributed by atoms with E-state index in [0.717, 1.165) is 24.2 Å². The van der Waals surface area contributed by atoms with Gasteiger partial charge in [-0.25, -0.2) is 13.8 Å². The summed E-state index contributed by atoms with van der Waals surface area (Å²) in [7, 11) is 0. The molecule has 0 bridgehead atoms. The lowest BCUT2D eigenvalue weighted by Crippen LogP contribution is -2.49. The Morgan fingerprint density at radius 1 is 1.00 bits per heavy atom. The Kier molecular flexibility index (Phi) is 6.92. The first-order valence-electron chi connectivity index (χ1n) is 9.86. The number of nitrogens with one attached hydrogen (secondary N) is 1. The maximum atomic E-state index is 13.5. The number of carbonyl (C=O) groups excluding carboxylic acids is 1. The van der Waals surface area contributed by atoms with Crippen molar-refractivity contribution in [2.45, 2.75) is 6.04 Å². The van der Waals surface area contributed by atoms with Crippen LogP contribution in [0.5, 0.6) is 0 Å². The van der Waals surface area contributed by atoms with Crippen LogP contribution in [-0.2, 0) is 4.79 Å². The van der Waals surface area contributed by atoms with Gasteiger partial charge in [-0.15, -0.1) is 0 Å². The molecule has 2 heterocycles. The summed E-state index contributed by atoms with van der Waals surface area (Å²) in [6.45, 7) is 3.10. The third-order valence-electron chi connectivity index (χ3n) is 5.23. The third-order valence-corrected chi connectivity index (χ3v) is 6.26. The van der Waals surface area contributed by atoms with E-state index >= 15 is 0 Å². The van der Waals surface area contributed by atoms with Crippen LogP contribution in [0.4, 0.5) is 13.9 Å². The first-order chi connectivity index (χ1) is 15.0. The highest BCUT2D eigenvalue weighted by Crippen LogP contribution is 2.30. The van der Waals surface area contributed by atoms with Crippen molar-refractivity contribution in [3.63, 3.8) is 0 Å². The van der Waals surface area contributed by atoms with Gasteiger partial charge in [-0.3, -0.25) is 14.6 Å². The summed E-state index contributed by atoms with van der Waals surface area (Å²) < 4.78 is 27.4. The zero-order valence-electron chi connectivity index (χ0n) is 16.6. The zero-order valence-corrected chi connectivity index (χ0v) is 18.2. The normalized spacial score (nSPS) is 15.4. The van der Waals surface area contributed by atoms with Gasteiger partial charge in [0, 0.05) is 26.2 Å². The molecule has 1 fully saturated rings. The number of thiazole rings is 1. The van der Waals surface area contributed by atoms with E-state index in [9.17, 15) is 13.6 Å². The molecule has 0 atom stereocenters. The number of aromatic nitrogens is 1. The molecule has 31 heavy (non-hydrogen) atoms. The second kappa shape index (κ2) is 9.82. The minimum Gasteiger partial charge on any atom is -0.301 e. The van der Waals surface area contributed by atoms with Gasteiger partial charge in [-0.2, -0.15) is 0 Å². The first kappa shape index (κ1) is 21.8. The zero-order chi connectivity index (χ0) is 21.8.